The fourth-order valence-corrected chi connectivity index (χ4v) is 1.64. The highest BCUT2D eigenvalue weighted by molar-refractivity contribution is 5.95. The molecule has 0 saturated carbocycles. The second-order valence-corrected chi connectivity index (χ2v) is 4.18. The standard InChI is InChI=1S/C13H19N3O4/c1-20-8-7-16(6-5-12(14)15-19)13(18)10-3-2-4-11(17)9-10/h2-4,9,17,19H,5-8H2,1H3,(H2,14,15). The second kappa shape index (κ2) is 8.00. The number of nitrogens with two attached hydrogens (primary N) is 1. The van der Waals surface area contributed by atoms with Crippen LogP contribution < -0.4 is 5.73 Å². The Morgan fingerprint density at radius 1 is 1.45 bits per heavy atom. The number of hydrogen-bond donors (Lipinski definition) is 3. The summed E-state index contributed by atoms with van der Waals surface area (Å²) >= 11 is 0. The molecule has 20 heavy (non-hydrogen) atoms. The molecule has 0 fully saturated rings. The highest BCUT2D eigenvalue weighted by Gasteiger charge is 2.16. The number of aromatic hydroxyl groups is 1. The molecular formula is C13H19N3O4. The zero-order chi connectivity index (χ0) is 15.0. The van der Waals surface area contributed by atoms with Gasteiger partial charge in [0.15, 0.2) is 0 Å². The number of oxime groups is 1. The number of phenols is 1. The molecule has 4 N–H and O–H groups in total. The minimum Gasteiger partial charge on any atom is -0.508 e. The lowest BCUT2D eigenvalue weighted by molar-refractivity contribution is 0.0700. The van der Waals surface area contributed by atoms with Crippen LogP contribution in [0.25, 0.3) is 0 Å². The van der Waals surface area contributed by atoms with Gasteiger partial charge in [0.1, 0.15) is 11.6 Å². The van der Waals surface area contributed by atoms with Crippen LogP contribution in [0.5, 0.6) is 5.75 Å². The molecule has 110 valence electrons. The van der Waals surface area contributed by atoms with Crippen molar-refractivity contribution >= 4 is 11.7 Å². The van der Waals surface area contributed by atoms with Crippen LogP contribution in [0.4, 0.5) is 0 Å². The molecule has 0 saturated heterocycles. The number of hydrogen-bond acceptors (Lipinski definition) is 5. The summed E-state index contributed by atoms with van der Waals surface area (Å²) in [4.78, 5) is 13.8. The van der Waals surface area contributed by atoms with Crippen LogP contribution in [0.2, 0.25) is 0 Å². The summed E-state index contributed by atoms with van der Waals surface area (Å²) in [6, 6.07) is 6.10. The van der Waals surface area contributed by atoms with E-state index in [9.17, 15) is 9.90 Å². The van der Waals surface area contributed by atoms with Gasteiger partial charge in [-0.15, -0.1) is 0 Å². The summed E-state index contributed by atoms with van der Waals surface area (Å²) in [5.41, 5.74) is 5.78. The average molecular weight is 281 g/mol. The Balaban J connectivity index is 2.78. The lowest BCUT2D eigenvalue weighted by atomic mass is 10.2. The van der Waals surface area contributed by atoms with Crippen LogP contribution in [0.3, 0.4) is 0 Å². The Kier molecular flexibility index (Phi) is 6.31. The number of amides is 1. The number of amidine groups is 1. The molecule has 0 bridgehead atoms. The maximum absolute atomic E-state index is 12.3. The van der Waals surface area contributed by atoms with Gasteiger partial charge in [-0.3, -0.25) is 4.79 Å². The Bertz CT molecular complexity index is 476. The lowest BCUT2D eigenvalue weighted by Crippen LogP contribution is -2.36. The Labute approximate surface area is 117 Å². The number of rotatable bonds is 7. The number of phenolic OH excluding ortho intramolecular Hbond substituents is 1. The van der Waals surface area contributed by atoms with Gasteiger partial charge in [0, 0.05) is 32.2 Å². The van der Waals surface area contributed by atoms with Gasteiger partial charge in [-0.25, -0.2) is 0 Å². The maximum Gasteiger partial charge on any atom is 0.254 e. The summed E-state index contributed by atoms with van der Waals surface area (Å²) in [7, 11) is 1.54. The average Bonchev–Trinajstić information content (AvgIpc) is 2.46. The van der Waals surface area contributed by atoms with E-state index < -0.39 is 0 Å². The summed E-state index contributed by atoms with van der Waals surface area (Å²) < 4.78 is 4.96. The number of carbonyl (C=O) groups is 1. The van der Waals surface area contributed by atoms with Gasteiger partial charge in [-0.05, 0) is 18.2 Å². The Hall–Kier alpha value is -2.28. The molecule has 1 aromatic carbocycles. The molecule has 0 heterocycles. The number of carbonyl (C=O) groups excluding carboxylic acids is 1. The molecule has 0 aliphatic rings. The minimum atomic E-state index is -0.247. The van der Waals surface area contributed by atoms with Crippen molar-refractivity contribution in [1.29, 1.82) is 0 Å². The highest BCUT2D eigenvalue weighted by atomic mass is 16.5. The largest absolute Gasteiger partial charge is 0.508 e. The van der Waals surface area contributed by atoms with E-state index in [1.807, 2.05) is 0 Å². The third-order valence-corrected chi connectivity index (χ3v) is 2.71. The quantitative estimate of drug-likeness (QED) is 0.294. The second-order valence-electron chi connectivity index (χ2n) is 4.18. The van der Waals surface area contributed by atoms with Gasteiger partial charge in [-0.2, -0.15) is 0 Å². The van der Waals surface area contributed by atoms with Crippen molar-refractivity contribution in [3.63, 3.8) is 0 Å². The molecule has 1 amide bonds. The van der Waals surface area contributed by atoms with Gasteiger partial charge >= 0.3 is 0 Å². The fraction of sp³-hybridized carbons (Fsp3) is 0.385. The van der Waals surface area contributed by atoms with Gasteiger partial charge in [0.25, 0.3) is 5.91 Å². The van der Waals surface area contributed by atoms with Crippen LogP contribution in [0.15, 0.2) is 29.4 Å². The van der Waals surface area contributed by atoms with Crippen molar-refractivity contribution in [1.82, 2.24) is 4.90 Å². The predicted molar refractivity (Wildman–Crippen MR) is 73.9 cm³/mol. The summed E-state index contributed by atoms with van der Waals surface area (Å²) in [5.74, 6) is -0.168. The zero-order valence-corrected chi connectivity index (χ0v) is 11.3. The van der Waals surface area contributed by atoms with E-state index >= 15 is 0 Å². The third-order valence-electron chi connectivity index (χ3n) is 2.71. The topological polar surface area (TPSA) is 108 Å². The van der Waals surface area contributed by atoms with E-state index in [0.29, 0.717) is 25.3 Å². The molecule has 0 aromatic heterocycles. The first-order chi connectivity index (χ1) is 9.58. The van der Waals surface area contributed by atoms with Gasteiger partial charge in [0.05, 0.1) is 6.61 Å². The first-order valence-electron chi connectivity index (χ1n) is 6.12. The molecule has 1 rings (SSSR count). The normalized spacial score (nSPS) is 11.3. The first-order valence-corrected chi connectivity index (χ1v) is 6.12. The molecule has 7 nitrogen and oxygen atoms in total. The fourth-order valence-electron chi connectivity index (χ4n) is 1.64. The molecular weight excluding hydrogens is 262 g/mol. The van der Waals surface area contributed by atoms with E-state index in [1.54, 1.807) is 19.2 Å². The monoisotopic (exact) mass is 281 g/mol. The SMILES string of the molecule is COCCN(CCC(N)=NO)C(=O)c1cccc(O)c1. The molecule has 0 spiro atoms. The molecule has 0 atom stereocenters. The molecule has 0 radical (unpaired) electrons. The molecule has 0 aliphatic heterocycles. The van der Waals surface area contributed by atoms with E-state index in [1.165, 1.54) is 17.0 Å². The van der Waals surface area contributed by atoms with Crippen molar-refractivity contribution < 1.29 is 19.8 Å². The van der Waals surface area contributed by atoms with Gasteiger partial charge in [-0.1, -0.05) is 11.2 Å². The lowest BCUT2D eigenvalue weighted by Gasteiger charge is -2.22. The van der Waals surface area contributed by atoms with Crippen molar-refractivity contribution in [3.8, 4) is 5.75 Å². The van der Waals surface area contributed by atoms with Crippen LogP contribution in [0, 0.1) is 0 Å². The van der Waals surface area contributed by atoms with Crippen LogP contribution >= 0.6 is 0 Å². The van der Waals surface area contributed by atoms with Crippen molar-refractivity contribution in [2.45, 2.75) is 6.42 Å². The van der Waals surface area contributed by atoms with E-state index in [4.69, 9.17) is 15.7 Å². The maximum atomic E-state index is 12.3. The van der Waals surface area contributed by atoms with Crippen LogP contribution in [-0.2, 0) is 4.74 Å². The Morgan fingerprint density at radius 2 is 2.20 bits per heavy atom. The molecule has 1 aromatic rings. The number of methoxy groups -OCH3 is 1. The highest BCUT2D eigenvalue weighted by Crippen LogP contribution is 2.13. The third kappa shape index (κ3) is 4.77. The van der Waals surface area contributed by atoms with Crippen LogP contribution in [0.1, 0.15) is 16.8 Å². The minimum absolute atomic E-state index is 0.0268. The van der Waals surface area contributed by atoms with E-state index in [0.717, 1.165) is 0 Å². The van der Waals surface area contributed by atoms with Gasteiger partial charge in [0.2, 0.25) is 0 Å². The van der Waals surface area contributed by atoms with Crippen molar-refractivity contribution in [2.75, 3.05) is 26.8 Å². The van der Waals surface area contributed by atoms with E-state index in [2.05, 4.69) is 5.16 Å². The molecule has 0 unspecified atom stereocenters. The number of ether oxygens (including phenoxy) is 1. The summed E-state index contributed by atoms with van der Waals surface area (Å²) in [6.45, 7) is 1.05. The molecule has 0 aliphatic carbocycles. The zero-order valence-electron chi connectivity index (χ0n) is 11.3. The summed E-state index contributed by atoms with van der Waals surface area (Å²) in [6.07, 6.45) is 0.255. The van der Waals surface area contributed by atoms with Crippen molar-refractivity contribution in [3.05, 3.63) is 29.8 Å². The number of benzene rings is 1. The number of nitrogens with zero attached hydrogens (tertiary/aromatic N) is 2. The Morgan fingerprint density at radius 3 is 2.80 bits per heavy atom. The van der Waals surface area contributed by atoms with Crippen LogP contribution in [-0.4, -0.2) is 53.8 Å². The smallest absolute Gasteiger partial charge is 0.254 e. The summed E-state index contributed by atoms with van der Waals surface area (Å²) in [5, 5.41) is 20.8. The van der Waals surface area contributed by atoms with Gasteiger partial charge < -0.3 is 25.7 Å². The van der Waals surface area contributed by atoms with E-state index in [-0.39, 0.29) is 23.9 Å². The molecule has 7 heteroatoms. The van der Waals surface area contributed by atoms with Crippen molar-refractivity contribution in [2.24, 2.45) is 10.9 Å². The first kappa shape index (κ1) is 15.8. The predicted octanol–water partition coefficient (Wildman–Crippen LogP) is 0.617.